The summed E-state index contributed by atoms with van der Waals surface area (Å²) in [6.07, 6.45) is 0. The number of carbonyl (C=O) groups excluding carboxylic acids is 1. The average Bonchev–Trinajstić information content (AvgIpc) is 2.79. The smallest absolute Gasteiger partial charge is 0.271 e. The van der Waals surface area contributed by atoms with Crippen LogP contribution in [0.4, 0.5) is 17.1 Å². The SMILES string of the molecule is COc1ccc([N+](=O)[O-])cc1NC(=O)c1ccc(S(=O)(=O)N(C)c2ccccc2)cc1. The van der Waals surface area contributed by atoms with Crippen LogP contribution in [0.15, 0.2) is 77.7 Å². The number of non-ortho nitro benzene ring substituents is 1. The molecule has 0 aliphatic rings. The molecule has 0 atom stereocenters. The second-order valence-corrected chi connectivity index (χ2v) is 8.40. The van der Waals surface area contributed by atoms with E-state index in [-0.39, 0.29) is 27.6 Å². The van der Waals surface area contributed by atoms with Crippen molar-refractivity contribution in [1.82, 2.24) is 0 Å². The van der Waals surface area contributed by atoms with Gasteiger partial charge >= 0.3 is 0 Å². The van der Waals surface area contributed by atoms with Gasteiger partial charge in [-0.15, -0.1) is 0 Å². The Labute approximate surface area is 179 Å². The molecule has 3 rings (SSSR count). The van der Waals surface area contributed by atoms with Crippen LogP contribution in [-0.4, -0.2) is 33.4 Å². The summed E-state index contributed by atoms with van der Waals surface area (Å²) in [6.45, 7) is 0. The molecule has 0 saturated heterocycles. The second-order valence-electron chi connectivity index (χ2n) is 6.43. The maximum Gasteiger partial charge on any atom is 0.271 e. The van der Waals surface area contributed by atoms with Crippen molar-refractivity contribution in [3.63, 3.8) is 0 Å². The lowest BCUT2D eigenvalue weighted by Gasteiger charge is -2.19. The standard InChI is InChI=1S/C21H19N3O6S/c1-23(16-6-4-3-5-7-16)31(28,29)18-11-8-15(9-12-18)21(25)22-19-14-17(24(26)27)10-13-20(19)30-2/h3-14H,1-2H3,(H,22,25). The molecule has 160 valence electrons. The van der Waals surface area contributed by atoms with Crippen LogP contribution in [0.2, 0.25) is 0 Å². The number of carbonyl (C=O) groups is 1. The fraction of sp³-hybridized carbons (Fsp3) is 0.0952. The Hall–Kier alpha value is -3.92. The van der Waals surface area contributed by atoms with E-state index < -0.39 is 20.9 Å². The van der Waals surface area contributed by atoms with Gasteiger partial charge in [-0.25, -0.2) is 8.42 Å². The Morgan fingerprint density at radius 3 is 2.26 bits per heavy atom. The molecule has 9 nitrogen and oxygen atoms in total. The number of nitro benzene ring substituents is 1. The molecule has 0 saturated carbocycles. The molecule has 3 aromatic carbocycles. The number of ether oxygens (including phenoxy) is 1. The summed E-state index contributed by atoms with van der Waals surface area (Å²) in [5, 5.41) is 13.5. The van der Waals surface area contributed by atoms with Gasteiger partial charge in [-0.3, -0.25) is 19.2 Å². The number of sulfonamides is 1. The minimum atomic E-state index is -3.81. The fourth-order valence-electron chi connectivity index (χ4n) is 2.81. The maximum atomic E-state index is 12.8. The van der Waals surface area contributed by atoms with Gasteiger partial charge in [-0.2, -0.15) is 0 Å². The minimum Gasteiger partial charge on any atom is -0.495 e. The van der Waals surface area contributed by atoms with Gasteiger partial charge in [-0.05, 0) is 42.5 Å². The van der Waals surface area contributed by atoms with Crippen LogP contribution in [0.25, 0.3) is 0 Å². The second kappa shape index (κ2) is 8.84. The van der Waals surface area contributed by atoms with Crippen LogP contribution in [-0.2, 0) is 10.0 Å². The van der Waals surface area contributed by atoms with Crippen molar-refractivity contribution >= 4 is 33.0 Å². The number of para-hydroxylation sites is 1. The zero-order valence-electron chi connectivity index (χ0n) is 16.7. The molecular formula is C21H19N3O6S. The first kappa shape index (κ1) is 21.8. The first-order chi connectivity index (χ1) is 14.7. The fourth-order valence-corrected chi connectivity index (χ4v) is 4.01. The zero-order chi connectivity index (χ0) is 22.6. The molecule has 0 heterocycles. The lowest BCUT2D eigenvalue weighted by molar-refractivity contribution is -0.384. The maximum absolute atomic E-state index is 12.8. The van der Waals surface area contributed by atoms with Crippen LogP contribution < -0.4 is 14.4 Å². The van der Waals surface area contributed by atoms with Crippen molar-refractivity contribution in [2.45, 2.75) is 4.90 Å². The number of nitrogens with zero attached hydrogens (tertiary/aromatic N) is 2. The van der Waals surface area contributed by atoms with E-state index >= 15 is 0 Å². The molecule has 3 aromatic rings. The third-order valence-corrected chi connectivity index (χ3v) is 6.34. The van der Waals surface area contributed by atoms with Crippen molar-refractivity contribution in [3.05, 3.63) is 88.5 Å². The third-order valence-electron chi connectivity index (χ3n) is 4.54. The Morgan fingerprint density at radius 1 is 1.03 bits per heavy atom. The average molecular weight is 441 g/mol. The van der Waals surface area contributed by atoms with E-state index in [4.69, 9.17) is 4.74 Å². The highest BCUT2D eigenvalue weighted by molar-refractivity contribution is 7.92. The normalized spacial score (nSPS) is 10.9. The van der Waals surface area contributed by atoms with Gasteiger partial charge in [0, 0.05) is 24.7 Å². The van der Waals surface area contributed by atoms with Gasteiger partial charge < -0.3 is 10.1 Å². The summed E-state index contributed by atoms with van der Waals surface area (Å²) >= 11 is 0. The number of nitrogens with one attached hydrogen (secondary N) is 1. The summed E-state index contributed by atoms with van der Waals surface area (Å²) in [5.74, 6) is -0.318. The Kier molecular flexibility index (Phi) is 6.21. The van der Waals surface area contributed by atoms with E-state index in [1.165, 1.54) is 56.6 Å². The Morgan fingerprint density at radius 2 is 1.68 bits per heavy atom. The molecule has 0 aliphatic heterocycles. The Balaban J connectivity index is 1.83. The van der Waals surface area contributed by atoms with E-state index in [0.717, 1.165) is 4.31 Å². The van der Waals surface area contributed by atoms with Gasteiger partial charge in [0.05, 0.1) is 28.3 Å². The number of hydrogen-bond acceptors (Lipinski definition) is 6. The number of amides is 1. The number of nitro groups is 1. The van der Waals surface area contributed by atoms with Gasteiger partial charge in [0.2, 0.25) is 0 Å². The largest absolute Gasteiger partial charge is 0.495 e. The van der Waals surface area contributed by atoms with Gasteiger partial charge in [0.15, 0.2) is 0 Å². The lowest BCUT2D eigenvalue weighted by Crippen LogP contribution is -2.26. The van der Waals surface area contributed by atoms with Crippen LogP contribution in [0.3, 0.4) is 0 Å². The highest BCUT2D eigenvalue weighted by Gasteiger charge is 2.22. The first-order valence-corrected chi connectivity index (χ1v) is 10.5. The first-order valence-electron chi connectivity index (χ1n) is 9.02. The molecule has 0 unspecified atom stereocenters. The van der Waals surface area contributed by atoms with E-state index in [1.54, 1.807) is 30.3 Å². The van der Waals surface area contributed by atoms with Crippen molar-refractivity contribution in [1.29, 1.82) is 0 Å². The Bertz CT molecular complexity index is 1210. The molecule has 10 heteroatoms. The highest BCUT2D eigenvalue weighted by atomic mass is 32.2. The van der Waals surface area contributed by atoms with Crippen LogP contribution in [0.1, 0.15) is 10.4 Å². The van der Waals surface area contributed by atoms with Crippen LogP contribution in [0.5, 0.6) is 5.75 Å². The van der Waals surface area contributed by atoms with Gasteiger partial charge in [-0.1, -0.05) is 18.2 Å². The van der Waals surface area contributed by atoms with Crippen molar-refractivity contribution in [3.8, 4) is 5.75 Å². The quantitative estimate of drug-likeness (QED) is 0.441. The molecule has 0 bridgehead atoms. The van der Waals surface area contributed by atoms with E-state index in [1.807, 2.05) is 0 Å². The van der Waals surface area contributed by atoms with Gasteiger partial charge in [0.1, 0.15) is 5.75 Å². The van der Waals surface area contributed by atoms with E-state index in [2.05, 4.69) is 5.32 Å². The molecule has 0 fully saturated rings. The number of hydrogen-bond donors (Lipinski definition) is 1. The summed E-state index contributed by atoms with van der Waals surface area (Å²) in [6, 6.07) is 17.8. The summed E-state index contributed by atoms with van der Waals surface area (Å²) < 4.78 is 31.9. The molecule has 1 N–H and O–H groups in total. The topological polar surface area (TPSA) is 119 Å². The molecule has 0 spiro atoms. The number of methoxy groups -OCH3 is 1. The lowest BCUT2D eigenvalue weighted by atomic mass is 10.2. The zero-order valence-corrected chi connectivity index (χ0v) is 17.5. The van der Waals surface area contributed by atoms with Gasteiger partial charge in [0.25, 0.3) is 21.6 Å². The summed E-state index contributed by atoms with van der Waals surface area (Å²) in [4.78, 5) is 23.0. The minimum absolute atomic E-state index is 0.0170. The van der Waals surface area contributed by atoms with Crippen molar-refractivity contribution in [2.75, 3.05) is 23.8 Å². The molecular weight excluding hydrogens is 422 g/mol. The van der Waals surface area contributed by atoms with E-state index in [9.17, 15) is 23.3 Å². The molecule has 0 aromatic heterocycles. The molecule has 0 radical (unpaired) electrons. The molecule has 0 aliphatic carbocycles. The predicted octanol–water partition coefficient (Wildman–Crippen LogP) is 3.68. The summed E-state index contributed by atoms with van der Waals surface area (Å²) in [5.41, 5.74) is 0.598. The van der Waals surface area contributed by atoms with Crippen molar-refractivity contribution < 1.29 is 22.9 Å². The third kappa shape index (κ3) is 4.64. The van der Waals surface area contributed by atoms with Crippen molar-refractivity contribution in [2.24, 2.45) is 0 Å². The monoisotopic (exact) mass is 441 g/mol. The summed E-state index contributed by atoms with van der Waals surface area (Å²) in [7, 11) is -0.994. The number of benzene rings is 3. The highest BCUT2D eigenvalue weighted by Crippen LogP contribution is 2.29. The predicted molar refractivity (Wildman–Crippen MR) is 116 cm³/mol. The van der Waals surface area contributed by atoms with Crippen LogP contribution >= 0.6 is 0 Å². The van der Waals surface area contributed by atoms with E-state index in [0.29, 0.717) is 5.69 Å². The number of rotatable bonds is 7. The molecule has 1 amide bonds. The molecule has 31 heavy (non-hydrogen) atoms. The van der Waals surface area contributed by atoms with Crippen LogP contribution in [0, 0.1) is 10.1 Å². The number of anilines is 2.